The van der Waals surface area contributed by atoms with Gasteiger partial charge in [0.2, 0.25) is 5.69 Å². The standard InChI is InChI=1S/C23H17ClF8N10O2/c24-12-2-4-16(40-10-18(35-38-40)23(30,31)32)19(20(12)25)11-1-3-15(41(43)8-11)14(5-6-44-22(28)29)39-9-13(34-37-39)17-7-33-36-42(17)21(26)27/h1-4,7-10,14,21-22,33,36H,5-6H2/t14-/m1/s1. The summed E-state index contributed by atoms with van der Waals surface area (Å²) in [6.45, 7) is -6.69. The van der Waals surface area contributed by atoms with Crippen LogP contribution < -0.4 is 15.7 Å². The van der Waals surface area contributed by atoms with Crippen LogP contribution in [-0.2, 0) is 10.9 Å². The van der Waals surface area contributed by atoms with Crippen LogP contribution in [0.5, 0.6) is 0 Å². The van der Waals surface area contributed by atoms with Gasteiger partial charge in [0.15, 0.2) is 17.7 Å². The van der Waals surface area contributed by atoms with Crippen molar-refractivity contribution in [1.82, 2.24) is 46.0 Å². The predicted molar refractivity (Wildman–Crippen MR) is 133 cm³/mol. The van der Waals surface area contributed by atoms with E-state index in [1.54, 1.807) is 0 Å². The van der Waals surface area contributed by atoms with Crippen LogP contribution in [-0.4, -0.2) is 54.8 Å². The molecule has 1 aromatic carbocycles. The van der Waals surface area contributed by atoms with E-state index in [0.29, 0.717) is 15.9 Å². The number of benzene rings is 1. The summed E-state index contributed by atoms with van der Waals surface area (Å²) in [4.78, 5) is 0. The molecule has 2 N–H and O–H groups in total. The summed E-state index contributed by atoms with van der Waals surface area (Å²) in [5.41, 5.74) is 2.09. The first-order valence-corrected chi connectivity index (χ1v) is 12.5. The monoisotopic (exact) mass is 652 g/mol. The lowest BCUT2D eigenvalue weighted by Crippen LogP contribution is -2.40. The van der Waals surface area contributed by atoms with Gasteiger partial charge in [0.1, 0.15) is 17.4 Å². The molecule has 21 heteroatoms. The van der Waals surface area contributed by atoms with E-state index in [-0.39, 0.29) is 39.5 Å². The number of aromatic nitrogens is 7. The third-order valence-electron chi connectivity index (χ3n) is 6.25. The highest BCUT2D eigenvalue weighted by Gasteiger charge is 2.35. The summed E-state index contributed by atoms with van der Waals surface area (Å²) >= 11 is 5.93. The summed E-state index contributed by atoms with van der Waals surface area (Å²) < 4.78 is 113. The van der Waals surface area contributed by atoms with E-state index < -0.39 is 54.1 Å². The lowest BCUT2D eigenvalue weighted by Gasteiger charge is -2.19. The highest BCUT2D eigenvalue weighted by molar-refractivity contribution is 6.31. The van der Waals surface area contributed by atoms with E-state index in [9.17, 15) is 35.9 Å². The highest BCUT2D eigenvalue weighted by atomic mass is 35.5. The molecule has 0 unspecified atom stereocenters. The lowest BCUT2D eigenvalue weighted by molar-refractivity contribution is -0.615. The Labute approximate surface area is 245 Å². The van der Waals surface area contributed by atoms with E-state index in [1.165, 1.54) is 30.6 Å². The summed E-state index contributed by atoms with van der Waals surface area (Å²) in [6.07, 6.45) is -1.37. The minimum atomic E-state index is -4.84. The molecule has 0 bridgehead atoms. The fourth-order valence-corrected chi connectivity index (χ4v) is 4.46. The fourth-order valence-electron chi connectivity index (χ4n) is 4.30. The second-order valence-electron chi connectivity index (χ2n) is 8.92. The first-order valence-electron chi connectivity index (χ1n) is 12.2. The molecule has 0 saturated carbocycles. The molecule has 1 aliphatic rings. The van der Waals surface area contributed by atoms with Crippen LogP contribution in [0.2, 0.25) is 5.02 Å². The van der Waals surface area contributed by atoms with Gasteiger partial charge in [-0.05, 0) is 18.2 Å². The molecule has 3 aromatic heterocycles. The number of ether oxygens (including phenoxy) is 1. The van der Waals surface area contributed by atoms with Crippen molar-refractivity contribution in [3.63, 3.8) is 0 Å². The minimum absolute atomic E-state index is 0.0756. The van der Waals surface area contributed by atoms with Crippen LogP contribution in [0.4, 0.5) is 35.1 Å². The molecule has 234 valence electrons. The second-order valence-corrected chi connectivity index (χ2v) is 9.33. The van der Waals surface area contributed by atoms with Gasteiger partial charge < -0.3 is 15.4 Å². The van der Waals surface area contributed by atoms with Gasteiger partial charge in [0.25, 0.3) is 0 Å². The van der Waals surface area contributed by atoms with Crippen molar-refractivity contribution in [2.24, 2.45) is 0 Å². The van der Waals surface area contributed by atoms with Crippen LogP contribution in [0.3, 0.4) is 0 Å². The second kappa shape index (κ2) is 12.2. The Bertz CT molecular complexity index is 1680. The molecule has 0 amide bonds. The molecule has 44 heavy (non-hydrogen) atoms. The van der Waals surface area contributed by atoms with Gasteiger partial charge >= 0.3 is 19.3 Å². The van der Waals surface area contributed by atoms with Crippen LogP contribution >= 0.6 is 11.6 Å². The molecule has 0 saturated heterocycles. The van der Waals surface area contributed by atoms with E-state index in [0.717, 1.165) is 16.9 Å². The maximum absolute atomic E-state index is 15.3. The van der Waals surface area contributed by atoms with Crippen molar-refractivity contribution in [3.8, 4) is 16.8 Å². The predicted octanol–water partition coefficient (Wildman–Crippen LogP) is 4.04. The van der Waals surface area contributed by atoms with Gasteiger partial charge in [0, 0.05) is 18.7 Å². The number of hydrazine groups is 2. The molecule has 4 heterocycles. The zero-order valence-electron chi connectivity index (χ0n) is 21.6. The summed E-state index contributed by atoms with van der Waals surface area (Å²) in [7, 11) is 0. The zero-order valence-corrected chi connectivity index (χ0v) is 22.3. The normalized spacial score (nSPS) is 14.4. The molecule has 1 aliphatic heterocycles. The highest BCUT2D eigenvalue weighted by Crippen LogP contribution is 2.35. The Morgan fingerprint density at radius 1 is 1.05 bits per heavy atom. The number of pyridine rings is 1. The van der Waals surface area contributed by atoms with Gasteiger partial charge in [-0.15, -0.1) is 15.7 Å². The molecule has 0 radical (unpaired) electrons. The Kier molecular flexibility index (Phi) is 8.57. The Hall–Kier alpha value is -4.56. The SMILES string of the molecule is [O-][n+]1cc(-c2c(-n3cc(C(F)(F)F)nn3)ccc(Cl)c2F)ccc1[C@@H](CCOC(F)F)n1cc(C2=CNNN2C(F)F)nn1. The topological polar surface area (TPSA) is 125 Å². The van der Waals surface area contributed by atoms with Crippen LogP contribution in [0.15, 0.2) is 49.1 Å². The third kappa shape index (κ3) is 6.21. The van der Waals surface area contributed by atoms with Gasteiger partial charge in [-0.2, -0.15) is 35.5 Å². The van der Waals surface area contributed by atoms with Crippen molar-refractivity contribution in [1.29, 1.82) is 0 Å². The number of alkyl halides is 7. The molecule has 1 atom stereocenters. The molecular formula is C23H17ClF8N10O2. The summed E-state index contributed by atoms with van der Waals surface area (Å²) in [5.74, 6) is -1.08. The van der Waals surface area contributed by atoms with Crippen LogP contribution in [0, 0.1) is 11.0 Å². The molecule has 4 aromatic rings. The number of halogens is 9. The Morgan fingerprint density at radius 2 is 1.82 bits per heavy atom. The number of hydrogen-bond acceptors (Lipinski definition) is 9. The van der Waals surface area contributed by atoms with Gasteiger partial charge in [-0.1, -0.05) is 22.0 Å². The maximum Gasteiger partial charge on any atom is 0.436 e. The van der Waals surface area contributed by atoms with E-state index >= 15 is 4.39 Å². The number of nitrogens with zero attached hydrogens (tertiary/aromatic N) is 8. The molecule has 5 rings (SSSR count). The molecule has 12 nitrogen and oxygen atoms in total. The largest absolute Gasteiger partial charge is 0.618 e. The van der Waals surface area contributed by atoms with Gasteiger partial charge in [-0.25, -0.2) is 18.8 Å². The molecule has 0 aliphatic carbocycles. The minimum Gasteiger partial charge on any atom is -0.618 e. The van der Waals surface area contributed by atoms with Crippen LogP contribution in [0.25, 0.3) is 22.5 Å². The molecular weight excluding hydrogens is 636 g/mol. The number of nitrogens with one attached hydrogen (secondary N) is 2. The smallest absolute Gasteiger partial charge is 0.436 e. The summed E-state index contributed by atoms with van der Waals surface area (Å²) in [6, 6.07) is 3.51. The van der Waals surface area contributed by atoms with Gasteiger partial charge in [-0.3, -0.25) is 0 Å². The van der Waals surface area contributed by atoms with Crippen molar-refractivity contribution < 1.29 is 44.6 Å². The summed E-state index contributed by atoms with van der Waals surface area (Å²) in [5, 5.41) is 27.5. The van der Waals surface area contributed by atoms with Crippen molar-refractivity contribution in [2.75, 3.05) is 6.61 Å². The van der Waals surface area contributed by atoms with Crippen molar-refractivity contribution in [2.45, 2.75) is 31.8 Å². The van der Waals surface area contributed by atoms with E-state index in [2.05, 4.69) is 36.3 Å². The average Bonchev–Trinajstić information content (AvgIpc) is 3.73. The van der Waals surface area contributed by atoms with E-state index in [1.807, 2.05) is 0 Å². The maximum atomic E-state index is 15.3. The Morgan fingerprint density at radius 3 is 2.48 bits per heavy atom. The van der Waals surface area contributed by atoms with Gasteiger partial charge in [0.05, 0.1) is 40.8 Å². The Balaban J connectivity index is 1.53. The number of rotatable bonds is 10. The first kappa shape index (κ1) is 30.9. The molecule has 0 fully saturated rings. The van der Waals surface area contributed by atoms with Crippen LogP contribution in [0.1, 0.15) is 29.5 Å². The fraction of sp³-hybridized carbons (Fsp3) is 0.261. The number of hydrogen-bond donors (Lipinski definition) is 2. The zero-order chi connectivity index (χ0) is 31.8. The third-order valence-corrected chi connectivity index (χ3v) is 6.55. The average molecular weight is 653 g/mol. The van der Waals surface area contributed by atoms with Crippen molar-refractivity contribution >= 4 is 17.3 Å². The lowest BCUT2D eigenvalue weighted by atomic mass is 10.0. The first-order chi connectivity index (χ1) is 20.8. The molecule has 0 spiro atoms. The van der Waals surface area contributed by atoms with Crippen molar-refractivity contribution in [3.05, 3.63) is 82.2 Å². The quantitative estimate of drug-likeness (QED) is 0.113. The van der Waals surface area contributed by atoms with E-state index in [4.69, 9.17) is 11.6 Å².